The van der Waals surface area contributed by atoms with Gasteiger partial charge in [-0.25, -0.2) is 0 Å². The molecule has 1 aromatic rings. The van der Waals surface area contributed by atoms with Gasteiger partial charge in [0, 0.05) is 6.04 Å². The lowest BCUT2D eigenvalue weighted by Gasteiger charge is -2.36. The van der Waals surface area contributed by atoms with Crippen molar-refractivity contribution in [2.45, 2.75) is 47.6 Å². The average Bonchev–Trinajstić information content (AvgIpc) is 2.31. The van der Waals surface area contributed by atoms with Crippen LogP contribution in [0.15, 0.2) is 6.07 Å². The lowest BCUT2D eigenvalue weighted by Crippen LogP contribution is -2.38. The van der Waals surface area contributed by atoms with Gasteiger partial charge in [0.2, 0.25) is 0 Å². The molecule has 0 heterocycles. The first-order valence-electron chi connectivity index (χ1n) is 6.71. The standard InChI is InChI=1S/C16H28N2/c1-10-8-11(2)13(4)14(12(10)3)15(18-7)16(5,6)9-17/h8,15,18H,9,17H2,1-7H3. The van der Waals surface area contributed by atoms with E-state index < -0.39 is 0 Å². The maximum absolute atomic E-state index is 5.96. The lowest BCUT2D eigenvalue weighted by atomic mass is 9.76. The molecular weight excluding hydrogens is 220 g/mol. The molecule has 0 fully saturated rings. The summed E-state index contributed by atoms with van der Waals surface area (Å²) in [5.41, 5.74) is 12.9. The normalized spacial score (nSPS) is 13.8. The highest BCUT2D eigenvalue weighted by molar-refractivity contribution is 5.46. The van der Waals surface area contributed by atoms with Crippen LogP contribution < -0.4 is 11.1 Å². The fourth-order valence-corrected chi connectivity index (χ4v) is 2.72. The van der Waals surface area contributed by atoms with Crippen LogP contribution in [0.3, 0.4) is 0 Å². The molecule has 0 aliphatic carbocycles. The molecular formula is C16H28N2. The summed E-state index contributed by atoms with van der Waals surface area (Å²) >= 11 is 0. The minimum atomic E-state index is 0.0461. The summed E-state index contributed by atoms with van der Waals surface area (Å²) < 4.78 is 0. The van der Waals surface area contributed by atoms with E-state index in [1.54, 1.807) is 0 Å². The van der Waals surface area contributed by atoms with Crippen molar-refractivity contribution in [1.82, 2.24) is 5.32 Å². The Hall–Kier alpha value is -0.860. The number of rotatable bonds is 4. The predicted molar refractivity (Wildman–Crippen MR) is 80.0 cm³/mol. The van der Waals surface area contributed by atoms with Crippen molar-refractivity contribution in [3.63, 3.8) is 0 Å². The van der Waals surface area contributed by atoms with Gasteiger partial charge < -0.3 is 11.1 Å². The van der Waals surface area contributed by atoms with Gasteiger partial charge in [-0.3, -0.25) is 0 Å². The van der Waals surface area contributed by atoms with Crippen molar-refractivity contribution in [2.24, 2.45) is 11.1 Å². The Labute approximate surface area is 112 Å². The van der Waals surface area contributed by atoms with Crippen LogP contribution in [0.1, 0.15) is 47.7 Å². The van der Waals surface area contributed by atoms with Gasteiger partial charge in [0.25, 0.3) is 0 Å². The van der Waals surface area contributed by atoms with Crippen LogP contribution >= 0.6 is 0 Å². The number of hydrogen-bond donors (Lipinski definition) is 2. The second-order valence-corrected chi connectivity index (χ2v) is 6.09. The van der Waals surface area contributed by atoms with Gasteiger partial charge in [-0.1, -0.05) is 19.9 Å². The minimum absolute atomic E-state index is 0.0461. The second kappa shape index (κ2) is 5.41. The van der Waals surface area contributed by atoms with E-state index in [4.69, 9.17) is 5.73 Å². The van der Waals surface area contributed by atoms with E-state index in [9.17, 15) is 0 Å². The Morgan fingerprint density at radius 3 is 1.89 bits per heavy atom. The third kappa shape index (κ3) is 2.60. The Morgan fingerprint density at radius 2 is 1.56 bits per heavy atom. The summed E-state index contributed by atoms with van der Waals surface area (Å²) in [6.45, 7) is 13.9. The maximum atomic E-state index is 5.96. The van der Waals surface area contributed by atoms with Crippen molar-refractivity contribution >= 4 is 0 Å². The Balaban J connectivity index is 3.47. The molecule has 0 aliphatic rings. The van der Waals surface area contributed by atoms with Crippen LogP contribution in [-0.2, 0) is 0 Å². The largest absolute Gasteiger partial charge is 0.330 e. The minimum Gasteiger partial charge on any atom is -0.330 e. The molecule has 1 aromatic carbocycles. The third-order valence-electron chi connectivity index (χ3n) is 4.31. The predicted octanol–water partition coefficient (Wildman–Crippen LogP) is 3.17. The van der Waals surface area contributed by atoms with Gasteiger partial charge >= 0.3 is 0 Å². The summed E-state index contributed by atoms with van der Waals surface area (Å²) in [7, 11) is 2.03. The fraction of sp³-hybridized carbons (Fsp3) is 0.625. The van der Waals surface area contributed by atoms with Crippen LogP contribution in [-0.4, -0.2) is 13.6 Å². The van der Waals surface area contributed by atoms with Gasteiger partial charge in [0.15, 0.2) is 0 Å². The van der Waals surface area contributed by atoms with Crippen LogP contribution in [0.2, 0.25) is 0 Å². The van der Waals surface area contributed by atoms with Crippen LogP contribution in [0.5, 0.6) is 0 Å². The number of nitrogens with one attached hydrogen (secondary N) is 1. The first kappa shape index (κ1) is 15.2. The molecule has 18 heavy (non-hydrogen) atoms. The zero-order valence-corrected chi connectivity index (χ0v) is 12.9. The van der Waals surface area contributed by atoms with Gasteiger partial charge in [-0.05, 0) is 74.5 Å². The smallest absolute Gasteiger partial charge is 0.0387 e. The molecule has 0 saturated heterocycles. The highest BCUT2D eigenvalue weighted by Gasteiger charge is 2.31. The Kier molecular flexibility index (Phi) is 4.57. The lowest BCUT2D eigenvalue weighted by molar-refractivity contribution is 0.264. The summed E-state index contributed by atoms with van der Waals surface area (Å²) in [5, 5.41) is 3.47. The molecule has 2 nitrogen and oxygen atoms in total. The molecule has 0 radical (unpaired) electrons. The zero-order chi connectivity index (χ0) is 14.1. The van der Waals surface area contributed by atoms with Crippen LogP contribution in [0, 0.1) is 33.1 Å². The number of aryl methyl sites for hydroxylation is 2. The van der Waals surface area contributed by atoms with Crippen LogP contribution in [0.4, 0.5) is 0 Å². The number of benzene rings is 1. The molecule has 0 amide bonds. The van der Waals surface area contributed by atoms with Gasteiger partial charge in [0.1, 0.15) is 0 Å². The summed E-state index contributed by atoms with van der Waals surface area (Å²) in [5.74, 6) is 0. The third-order valence-corrected chi connectivity index (χ3v) is 4.31. The second-order valence-electron chi connectivity index (χ2n) is 6.09. The van der Waals surface area contributed by atoms with Crippen molar-refractivity contribution in [2.75, 3.05) is 13.6 Å². The van der Waals surface area contributed by atoms with Gasteiger partial charge in [0.05, 0.1) is 0 Å². The molecule has 0 spiro atoms. The molecule has 0 bridgehead atoms. The quantitative estimate of drug-likeness (QED) is 0.859. The first-order valence-corrected chi connectivity index (χ1v) is 6.71. The van der Waals surface area contributed by atoms with E-state index in [1.165, 1.54) is 27.8 Å². The average molecular weight is 248 g/mol. The summed E-state index contributed by atoms with van der Waals surface area (Å²) in [6, 6.07) is 2.57. The fourth-order valence-electron chi connectivity index (χ4n) is 2.72. The molecule has 102 valence electrons. The SMILES string of the molecule is CNC(c1c(C)c(C)cc(C)c1C)C(C)(C)CN. The van der Waals surface area contributed by atoms with Gasteiger partial charge in [-0.15, -0.1) is 0 Å². The van der Waals surface area contributed by atoms with Crippen molar-refractivity contribution < 1.29 is 0 Å². The van der Waals surface area contributed by atoms with E-state index in [-0.39, 0.29) is 5.41 Å². The van der Waals surface area contributed by atoms with Crippen molar-refractivity contribution in [3.8, 4) is 0 Å². The van der Waals surface area contributed by atoms with Crippen molar-refractivity contribution in [3.05, 3.63) is 33.9 Å². The molecule has 2 heteroatoms. The number of hydrogen-bond acceptors (Lipinski definition) is 2. The molecule has 0 aliphatic heterocycles. The molecule has 1 unspecified atom stereocenters. The van der Waals surface area contributed by atoms with Crippen molar-refractivity contribution in [1.29, 1.82) is 0 Å². The molecule has 3 N–H and O–H groups in total. The molecule has 1 rings (SSSR count). The number of nitrogens with two attached hydrogens (primary N) is 1. The summed E-state index contributed by atoms with van der Waals surface area (Å²) in [4.78, 5) is 0. The van der Waals surface area contributed by atoms with E-state index in [0.29, 0.717) is 12.6 Å². The van der Waals surface area contributed by atoms with Gasteiger partial charge in [-0.2, -0.15) is 0 Å². The highest BCUT2D eigenvalue weighted by Crippen LogP contribution is 2.37. The topological polar surface area (TPSA) is 38.0 Å². The van der Waals surface area contributed by atoms with E-state index in [1.807, 2.05) is 7.05 Å². The molecule has 0 saturated carbocycles. The zero-order valence-electron chi connectivity index (χ0n) is 12.9. The Morgan fingerprint density at radius 1 is 1.11 bits per heavy atom. The van der Waals surface area contributed by atoms with E-state index in [0.717, 1.165) is 0 Å². The molecule has 1 atom stereocenters. The summed E-state index contributed by atoms with van der Waals surface area (Å²) in [6.07, 6.45) is 0. The monoisotopic (exact) mass is 248 g/mol. The van der Waals surface area contributed by atoms with E-state index in [2.05, 4.69) is 52.9 Å². The molecule has 0 aromatic heterocycles. The van der Waals surface area contributed by atoms with Crippen LogP contribution in [0.25, 0.3) is 0 Å². The first-order chi connectivity index (χ1) is 8.26. The Bertz CT molecular complexity index is 407. The van der Waals surface area contributed by atoms with E-state index >= 15 is 0 Å². The maximum Gasteiger partial charge on any atom is 0.0387 e. The highest BCUT2D eigenvalue weighted by atomic mass is 14.9.